The molecule has 1 N–H and O–H groups in total. The Kier molecular flexibility index (Phi) is 7.78. The number of carbonyl (C=O) groups is 2. The summed E-state index contributed by atoms with van der Waals surface area (Å²) in [5.74, 6) is -1.58. The van der Waals surface area contributed by atoms with Gasteiger partial charge in [0.05, 0.1) is 11.8 Å². The molecule has 6 aromatic rings. The largest absolute Gasteiger partial charge is 0.452 e. The molecule has 45 heavy (non-hydrogen) atoms. The van der Waals surface area contributed by atoms with Gasteiger partial charge in [-0.3, -0.25) is 19.0 Å². The van der Waals surface area contributed by atoms with Crippen LogP contribution in [0.3, 0.4) is 0 Å². The lowest BCUT2D eigenvalue weighted by Gasteiger charge is -2.12. The summed E-state index contributed by atoms with van der Waals surface area (Å²) in [5, 5.41) is 6.94. The number of benzene rings is 3. The van der Waals surface area contributed by atoms with Gasteiger partial charge in [0.25, 0.3) is 11.5 Å². The molecule has 3 heterocycles. The highest BCUT2D eigenvalue weighted by atomic mass is 19.1. The molecule has 8 nitrogen and oxygen atoms in total. The molecule has 0 atom stereocenters. The smallest absolute Gasteiger partial charge is 0.266 e. The molecule has 6 rings (SSSR count). The van der Waals surface area contributed by atoms with Crippen molar-refractivity contribution < 1.29 is 23.1 Å². The number of carbonyl (C=O) groups excluding carboxylic acids is 2. The molecular weight excluding hydrogens is 578 g/mol. The van der Waals surface area contributed by atoms with Crippen LogP contribution in [0.15, 0.2) is 108 Å². The lowest BCUT2D eigenvalue weighted by atomic mass is 10.0. The van der Waals surface area contributed by atoms with Crippen LogP contribution in [0.1, 0.15) is 31.8 Å². The molecular formula is C35H26F2N4O4. The van der Waals surface area contributed by atoms with Crippen molar-refractivity contribution in [3.63, 3.8) is 0 Å². The molecule has 3 aromatic heterocycles. The number of halogens is 2. The quantitative estimate of drug-likeness (QED) is 0.205. The van der Waals surface area contributed by atoms with Crippen molar-refractivity contribution in [3.8, 4) is 28.3 Å². The minimum absolute atomic E-state index is 0.0250. The van der Waals surface area contributed by atoms with E-state index in [1.165, 1.54) is 53.4 Å². The molecule has 0 fully saturated rings. The molecule has 224 valence electrons. The van der Waals surface area contributed by atoms with E-state index in [4.69, 9.17) is 4.74 Å². The Bertz CT molecular complexity index is 2150. The minimum Gasteiger partial charge on any atom is -0.452 e. The highest BCUT2D eigenvalue weighted by molar-refractivity contribution is 5.98. The molecule has 10 heteroatoms. The van der Waals surface area contributed by atoms with Crippen LogP contribution in [-0.4, -0.2) is 32.9 Å². The number of ketones is 1. The lowest BCUT2D eigenvalue weighted by Crippen LogP contribution is -2.27. The number of aromatic nitrogens is 3. The zero-order chi connectivity index (χ0) is 31.7. The number of nitrogens with one attached hydrogen (secondary N) is 1. The maximum Gasteiger partial charge on any atom is 0.266 e. The third kappa shape index (κ3) is 5.73. The van der Waals surface area contributed by atoms with Crippen LogP contribution in [-0.2, 0) is 6.42 Å². The van der Waals surface area contributed by atoms with E-state index in [1.807, 2.05) is 12.1 Å². The normalized spacial score (nSPS) is 11.0. The van der Waals surface area contributed by atoms with Crippen molar-refractivity contribution in [2.24, 2.45) is 0 Å². The summed E-state index contributed by atoms with van der Waals surface area (Å²) in [4.78, 5) is 38.7. The van der Waals surface area contributed by atoms with E-state index in [0.29, 0.717) is 33.6 Å². The number of amides is 1. The highest BCUT2D eigenvalue weighted by Gasteiger charge is 2.19. The van der Waals surface area contributed by atoms with E-state index >= 15 is 4.39 Å². The van der Waals surface area contributed by atoms with Crippen molar-refractivity contribution in [2.45, 2.75) is 13.3 Å². The summed E-state index contributed by atoms with van der Waals surface area (Å²) in [6.45, 7) is 1.65. The molecule has 0 aliphatic rings. The fourth-order valence-corrected chi connectivity index (χ4v) is 5.20. The van der Waals surface area contributed by atoms with Crippen molar-refractivity contribution in [1.82, 2.24) is 19.5 Å². The van der Waals surface area contributed by atoms with Gasteiger partial charge in [-0.2, -0.15) is 5.10 Å². The fraction of sp³-hybridized carbons (Fsp3) is 0.0857. The molecule has 0 radical (unpaired) electrons. The molecule has 1 amide bonds. The zero-order valence-electron chi connectivity index (χ0n) is 24.3. The third-order valence-electron chi connectivity index (χ3n) is 7.44. The second-order valence-electron chi connectivity index (χ2n) is 10.4. The van der Waals surface area contributed by atoms with Crippen LogP contribution in [0, 0.1) is 18.6 Å². The number of hydrogen-bond acceptors (Lipinski definition) is 5. The van der Waals surface area contributed by atoms with Crippen LogP contribution >= 0.6 is 0 Å². The maximum absolute atomic E-state index is 15.4. The van der Waals surface area contributed by atoms with E-state index in [2.05, 4.69) is 10.4 Å². The van der Waals surface area contributed by atoms with E-state index in [1.54, 1.807) is 61.1 Å². The zero-order valence-corrected chi connectivity index (χ0v) is 24.3. The Morgan fingerprint density at radius 2 is 1.71 bits per heavy atom. The number of pyridine rings is 1. The molecule has 0 aliphatic heterocycles. The average Bonchev–Trinajstić information content (AvgIpc) is 3.48. The first-order valence-corrected chi connectivity index (χ1v) is 14.0. The second kappa shape index (κ2) is 12.0. The Morgan fingerprint density at radius 1 is 0.911 bits per heavy atom. The Labute approximate surface area is 256 Å². The van der Waals surface area contributed by atoms with Crippen molar-refractivity contribution >= 4 is 17.2 Å². The van der Waals surface area contributed by atoms with Gasteiger partial charge < -0.3 is 10.1 Å². The average molecular weight is 605 g/mol. The van der Waals surface area contributed by atoms with Crippen LogP contribution in [0.25, 0.3) is 22.3 Å². The van der Waals surface area contributed by atoms with E-state index in [-0.39, 0.29) is 23.6 Å². The van der Waals surface area contributed by atoms with Gasteiger partial charge in [-0.25, -0.2) is 13.3 Å². The summed E-state index contributed by atoms with van der Waals surface area (Å²) in [6, 6.07) is 21.7. The molecule has 0 aliphatic carbocycles. The number of aryl methyl sites for hydroxylation is 1. The summed E-state index contributed by atoms with van der Waals surface area (Å²) >= 11 is 0. The van der Waals surface area contributed by atoms with Crippen molar-refractivity contribution in [1.29, 1.82) is 0 Å². The minimum atomic E-state index is -0.696. The Hall–Kier alpha value is -5.90. The van der Waals surface area contributed by atoms with Crippen LogP contribution in [0.5, 0.6) is 11.5 Å². The van der Waals surface area contributed by atoms with Gasteiger partial charge in [0.2, 0.25) is 0 Å². The number of ether oxygens (including phenoxy) is 1. The lowest BCUT2D eigenvalue weighted by molar-refractivity contribution is 0.0961. The molecule has 0 bridgehead atoms. The first-order chi connectivity index (χ1) is 21.7. The van der Waals surface area contributed by atoms with Gasteiger partial charge in [0, 0.05) is 48.7 Å². The second-order valence-corrected chi connectivity index (χ2v) is 10.4. The number of nitrogens with zero attached hydrogens (tertiary/aromatic N) is 3. The molecule has 0 spiro atoms. The van der Waals surface area contributed by atoms with Gasteiger partial charge in [-0.1, -0.05) is 18.2 Å². The van der Waals surface area contributed by atoms with E-state index in [0.717, 1.165) is 11.1 Å². The predicted octanol–water partition coefficient (Wildman–Crippen LogP) is 6.32. The molecule has 0 saturated heterocycles. The third-order valence-corrected chi connectivity index (χ3v) is 7.44. The number of fused-ring (bicyclic) bond motifs is 1. The van der Waals surface area contributed by atoms with Crippen LogP contribution in [0.4, 0.5) is 8.78 Å². The highest BCUT2D eigenvalue weighted by Crippen LogP contribution is 2.35. The Morgan fingerprint density at radius 3 is 2.47 bits per heavy atom. The summed E-state index contributed by atoms with van der Waals surface area (Å²) in [5.41, 5.74) is 3.22. The standard InChI is InChI=1S/C35H26F2N4O4/c1-21-13-16-40(26-9-7-25(36)8-10-26)35(44)32(21)29(42)19-22-6-11-30(28(37)18-22)45-31-12-15-39-41-17-14-27(33(31)41)23-4-3-5-24(20-23)34(43)38-2/h3-18,20H,19H2,1-2H3,(H,38,43). The molecule has 0 unspecified atom stereocenters. The van der Waals surface area contributed by atoms with Gasteiger partial charge >= 0.3 is 0 Å². The van der Waals surface area contributed by atoms with Gasteiger partial charge in [0.1, 0.15) is 11.3 Å². The topological polar surface area (TPSA) is 94.7 Å². The maximum atomic E-state index is 15.4. The summed E-state index contributed by atoms with van der Waals surface area (Å²) < 4.78 is 37.7. The number of Topliss-reactive ketones (excluding diaryl/α,β-unsaturated/α-hetero) is 1. The summed E-state index contributed by atoms with van der Waals surface area (Å²) in [7, 11) is 1.56. The van der Waals surface area contributed by atoms with Crippen LogP contribution < -0.4 is 15.6 Å². The van der Waals surface area contributed by atoms with Crippen LogP contribution in [0.2, 0.25) is 0 Å². The monoisotopic (exact) mass is 604 g/mol. The van der Waals surface area contributed by atoms with E-state index < -0.39 is 23.0 Å². The van der Waals surface area contributed by atoms with Gasteiger partial charge in [0.15, 0.2) is 23.1 Å². The number of rotatable bonds is 8. The molecule has 3 aromatic carbocycles. The fourth-order valence-electron chi connectivity index (χ4n) is 5.20. The molecule has 0 saturated carbocycles. The summed E-state index contributed by atoms with van der Waals surface area (Å²) in [6.07, 6.45) is 4.58. The first-order valence-electron chi connectivity index (χ1n) is 14.0. The Balaban J connectivity index is 1.27. The van der Waals surface area contributed by atoms with E-state index in [9.17, 15) is 18.8 Å². The van der Waals surface area contributed by atoms with Crippen molar-refractivity contribution in [2.75, 3.05) is 7.05 Å². The van der Waals surface area contributed by atoms with Gasteiger partial charge in [-0.05, 0) is 84.3 Å². The number of hydrogen-bond donors (Lipinski definition) is 1. The SMILES string of the molecule is CNC(=O)c1cccc(-c2ccn3nccc(Oc4ccc(CC(=O)c5c(C)ccn(-c6ccc(F)cc6)c5=O)cc4F)c23)c1. The van der Waals surface area contributed by atoms with Gasteiger partial charge in [-0.15, -0.1) is 0 Å². The first kappa shape index (κ1) is 29.2. The van der Waals surface area contributed by atoms with Crippen molar-refractivity contribution in [3.05, 3.63) is 148 Å². The predicted molar refractivity (Wildman–Crippen MR) is 165 cm³/mol.